The van der Waals surface area contributed by atoms with Crippen molar-refractivity contribution in [2.24, 2.45) is 0 Å². The molecule has 0 radical (unpaired) electrons. The van der Waals surface area contributed by atoms with Crippen LogP contribution in [-0.4, -0.2) is 15.0 Å². The molecule has 5 heteroatoms. The fourth-order valence-corrected chi connectivity index (χ4v) is 1.41. The molecule has 2 rings (SSSR count). The first-order valence-corrected chi connectivity index (χ1v) is 4.98. The van der Waals surface area contributed by atoms with Crippen molar-refractivity contribution in [3.05, 3.63) is 41.5 Å². The van der Waals surface area contributed by atoms with Gasteiger partial charge in [0.25, 0.3) is 0 Å². The summed E-state index contributed by atoms with van der Waals surface area (Å²) in [7, 11) is 0. The van der Waals surface area contributed by atoms with E-state index in [9.17, 15) is 4.39 Å². The minimum atomic E-state index is -0.288. The van der Waals surface area contributed by atoms with Gasteiger partial charge in [0.2, 0.25) is 0 Å². The van der Waals surface area contributed by atoms with Crippen LogP contribution in [0.2, 0.25) is 0 Å². The quantitative estimate of drug-likeness (QED) is 0.735. The third-order valence-corrected chi connectivity index (χ3v) is 2.37. The highest BCUT2D eigenvalue weighted by Crippen LogP contribution is 2.15. The molecule has 78 valence electrons. The summed E-state index contributed by atoms with van der Waals surface area (Å²) < 4.78 is 15.1. The molecule has 0 atom stereocenters. The number of nitrogens with zero attached hydrogens (tertiary/aromatic N) is 3. The number of hydrogen-bond acceptors (Lipinski definition) is 2. The second kappa shape index (κ2) is 3.98. The van der Waals surface area contributed by atoms with E-state index in [1.807, 2.05) is 0 Å². The molecule has 0 aliphatic carbocycles. The molecule has 2 aromatic rings. The molecule has 3 nitrogen and oxygen atoms in total. The summed E-state index contributed by atoms with van der Waals surface area (Å²) >= 11 is 5.59. The van der Waals surface area contributed by atoms with Gasteiger partial charge in [0.05, 0.1) is 17.8 Å². The Morgan fingerprint density at radius 3 is 2.93 bits per heavy atom. The van der Waals surface area contributed by atoms with Crippen molar-refractivity contribution in [2.75, 3.05) is 0 Å². The lowest BCUT2D eigenvalue weighted by molar-refractivity contribution is 0.598. The molecule has 1 heterocycles. The smallest absolute Gasteiger partial charge is 0.151 e. The van der Waals surface area contributed by atoms with Gasteiger partial charge in [-0.15, -0.1) is 16.7 Å². The van der Waals surface area contributed by atoms with Crippen molar-refractivity contribution in [2.45, 2.75) is 12.8 Å². The minimum Gasteiger partial charge on any atom is -0.217 e. The summed E-state index contributed by atoms with van der Waals surface area (Å²) in [5, 5.41) is 7.60. The van der Waals surface area contributed by atoms with Gasteiger partial charge in [-0.3, -0.25) is 0 Å². The van der Waals surface area contributed by atoms with Crippen LogP contribution in [0.5, 0.6) is 0 Å². The van der Waals surface area contributed by atoms with Crippen LogP contribution in [0.25, 0.3) is 5.69 Å². The number of aryl methyl sites for hydroxylation is 1. The minimum absolute atomic E-state index is 0.271. The molecule has 0 N–H and O–H groups in total. The highest BCUT2D eigenvalue weighted by Gasteiger charge is 2.08. The van der Waals surface area contributed by atoms with E-state index in [-0.39, 0.29) is 11.7 Å². The molecule has 0 aliphatic heterocycles. The first kappa shape index (κ1) is 10.1. The van der Waals surface area contributed by atoms with Gasteiger partial charge in [0.15, 0.2) is 5.82 Å². The number of benzene rings is 1. The fourth-order valence-electron chi connectivity index (χ4n) is 1.29. The first-order valence-electron chi connectivity index (χ1n) is 4.45. The summed E-state index contributed by atoms with van der Waals surface area (Å²) in [6.07, 6.45) is 1.62. The topological polar surface area (TPSA) is 30.7 Å². The zero-order valence-electron chi connectivity index (χ0n) is 8.11. The van der Waals surface area contributed by atoms with Crippen molar-refractivity contribution in [1.29, 1.82) is 0 Å². The van der Waals surface area contributed by atoms with Crippen LogP contribution in [0.3, 0.4) is 0 Å². The van der Waals surface area contributed by atoms with Gasteiger partial charge in [-0.05, 0) is 18.6 Å². The Morgan fingerprint density at radius 1 is 1.47 bits per heavy atom. The Hall–Kier alpha value is -1.42. The van der Waals surface area contributed by atoms with Gasteiger partial charge in [0.1, 0.15) is 5.69 Å². The second-order valence-corrected chi connectivity index (χ2v) is 3.46. The predicted molar refractivity (Wildman–Crippen MR) is 55.6 cm³/mol. The summed E-state index contributed by atoms with van der Waals surface area (Å²) in [6.45, 7) is 1.71. The highest BCUT2D eigenvalue weighted by atomic mass is 35.5. The van der Waals surface area contributed by atoms with Gasteiger partial charge in [-0.25, -0.2) is 9.07 Å². The maximum Gasteiger partial charge on any atom is 0.151 e. The molecule has 1 aromatic heterocycles. The van der Waals surface area contributed by atoms with E-state index >= 15 is 0 Å². The SMILES string of the molecule is Cc1cccc(-n2cc(CCl)nn2)c1F. The lowest BCUT2D eigenvalue weighted by Gasteiger charge is -2.03. The van der Waals surface area contributed by atoms with Gasteiger partial charge >= 0.3 is 0 Å². The van der Waals surface area contributed by atoms with E-state index < -0.39 is 0 Å². The summed E-state index contributed by atoms with van der Waals surface area (Å²) in [4.78, 5) is 0. The van der Waals surface area contributed by atoms with Crippen LogP contribution >= 0.6 is 11.6 Å². The number of alkyl halides is 1. The van der Waals surface area contributed by atoms with Crippen LogP contribution in [0.15, 0.2) is 24.4 Å². The Kier molecular flexibility index (Phi) is 2.68. The summed E-state index contributed by atoms with van der Waals surface area (Å²) in [6, 6.07) is 5.13. The molecular weight excluding hydrogens is 217 g/mol. The van der Waals surface area contributed by atoms with Crippen molar-refractivity contribution in [3.63, 3.8) is 0 Å². The molecule has 0 spiro atoms. The summed E-state index contributed by atoms with van der Waals surface area (Å²) in [5.41, 5.74) is 1.59. The van der Waals surface area contributed by atoms with Gasteiger partial charge in [-0.2, -0.15) is 0 Å². The first-order chi connectivity index (χ1) is 7.22. The molecular formula is C10H9ClFN3. The standard InChI is InChI=1S/C10H9ClFN3/c1-7-3-2-4-9(10(7)12)15-6-8(5-11)13-14-15/h2-4,6H,5H2,1H3. The van der Waals surface area contributed by atoms with Gasteiger partial charge in [-0.1, -0.05) is 17.3 Å². The molecule has 0 amide bonds. The van der Waals surface area contributed by atoms with E-state index in [4.69, 9.17) is 11.6 Å². The molecule has 0 saturated carbocycles. The van der Waals surface area contributed by atoms with E-state index in [1.165, 1.54) is 4.68 Å². The van der Waals surface area contributed by atoms with E-state index in [0.29, 0.717) is 16.9 Å². The predicted octanol–water partition coefficient (Wildman–Crippen LogP) is 2.45. The van der Waals surface area contributed by atoms with E-state index in [1.54, 1.807) is 31.3 Å². The number of aromatic nitrogens is 3. The van der Waals surface area contributed by atoms with Gasteiger partial charge < -0.3 is 0 Å². The molecule has 15 heavy (non-hydrogen) atoms. The van der Waals surface area contributed by atoms with Crippen molar-refractivity contribution < 1.29 is 4.39 Å². The highest BCUT2D eigenvalue weighted by molar-refractivity contribution is 6.16. The largest absolute Gasteiger partial charge is 0.217 e. The Labute approximate surface area is 91.5 Å². The second-order valence-electron chi connectivity index (χ2n) is 3.20. The normalized spacial score (nSPS) is 10.6. The van der Waals surface area contributed by atoms with Crippen molar-refractivity contribution in [3.8, 4) is 5.69 Å². The van der Waals surface area contributed by atoms with Crippen LogP contribution in [0, 0.1) is 12.7 Å². The third-order valence-electron chi connectivity index (χ3n) is 2.10. The molecule has 0 bridgehead atoms. The Morgan fingerprint density at radius 2 is 2.27 bits per heavy atom. The fraction of sp³-hybridized carbons (Fsp3) is 0.200. The summed E-state index contributed by atoms with van der Waals surface area (Å²) in [5.74, 6) is -0.0171. The van der Waals surface area contributed by atoms with Crippen LogP contribution in [0.1, 0.15) is 11.3 Å². The molecule has 0 fully saturated rings. The molecule has 0 unspecified atom stereocenters. The van der Waals surface area contributed by atoms with Crippen LogP contribution in [-0.2, 0) is 5.88 Å². The zero-order chi connectivity index (χ0) is 10.8. The van der Waals surface area contributed by atoms with Crippen LogP contribution in [0.4, 0.5) is 4.39 Å². The van der Waals surface area contributed by atoms with E-state index in [0.717, 1.165) is 0 Å². The zero-order valence-corrected chi connectivity index (χ0v) is 8.87. The number of hydrogen-bond donors (Lipinski definition) is 0. The van der Waals surface area contributed by atoms with Crippen molar-refractivity contribution in [1.82, 2.24) is 15.0 Å². The van der Waals surface area contributed by atoms with E-state index in [2.05, 4.69) is 10.3 Å². The van der Waals surface area contributed by atoms with Crippen molar-refractivity contribution >= 4 is 11.6 Å². The maximum atomic E-state index is 13.7. The Bertz CT molecular complexity index is 481. The lowest BCUT2D eigenvalue weighted by Crippen LogP contribution is -1.99. The molecule has 0 aliphatic rings. The maximum absolute atomic E-state index is 13.7. The number of rotatable bonds is 2. The Balaban J connectivity index is 2.49. The number of halogens is 2. The molecule has 1 aromatic carbocycles. The third kappa shape index (κ3) is 1.85. The monoisotopic (exact) mass is 225 g/mol. The average Bonchev–Trinajstić information content (AvgIpc) is 2.70. The molecule has 0 saturated heterocycles. The van der Waals surface area contributed by atoms with Crippen LogP contribution < -0.4 is 0 Å². The lowest BCUT2D eigenvalue weighted by atomic mass is 10.2. The van der Waals surface area contributed by atoms with Gasteiger partial charge in [0, 0.05) is 0 Å². The average molecular weight is 226 g/mol.